The lowest BCUT2D eigenvalue weighted by molar-refractivity contribution is -0.297. The van der Waals surface area contributed by atoms with E-state index in [1.54, 1.807) is 13.8 Å². The van der Waals surface area contributed by atoms with Gasteiger partial charge in [-0.1, -0.05) is 0 Å². The Morgan fingerprint density at radius 1 is 0.655 bits per heavy atom. The third-order valence-corrected chi connectivity index (χ3v) is 5.26. The van der Waals surface area contributed by atoms with Gasteiger partial charge in [-0.25, -0.2) is 0 Å². The molecule has 0 aromatic carbocycles. The van der Waals surface area contributed by atoms with E-state index in [1.807, 2.05) is 0 Å². The van der Waals surface area contributed by atoms with Crippen molar-refractivity contribution in [2.75, 3.05) is 0 Å². The molecule has 3 rings (SSSR count). The molecule has 0 amide bonds. The molecule has 0 aliphatic carbocycles. The Morgan fingerprint density at radius 3 is 1.41 bits per heavy atom. The van der Waals surface area contributed by atoms with E-state index in [9.17, 15) is 30.6 Å². The second-order valence-corrected chi connectivity index (χ2v) is 7.41. The smallest absolute Gasteiger partial charge is 0.186 e. The predicted octanol–water partition coefficient (Wildman–Crippen LogP) is -2.03. The summed E-state index contributed by atoms with van der Waals surface area (Å²) in [7, 11) is 0. The molecular formula is C18H28O11. The number of furan rings is 1. The summed E-state index contributed by atoms with van der Waals surface area (Å²) in [5, 5.41) is 59.1. The molecule has 1 aromatic rings. The van der Waals surface area contributed by atoms with Crippen LogP contribution < -0.4 is 0 Å². The lowest BCUT2D eigenvalue weighted by Crippen LogP contribution is -2.57. The van der Waals surface area contributed by atoms with Gasteiger partial charge in [-0.15, -0.1) is 0 Å². The Labute approximate surface area is 167 Å². The Kier molecular flexibility index (Phi) is 7.27. The van der Waals surface area contributed by atoms with Crippen molar-refractivity contribution in [2.45, 2.75) is 88.5 Å². The molecule has 0 radical (unpaired) electrons. The van der Waals surface area contributed by atoms with Crippen LogP contribution in [-0.2, 0) is 32.2 Å². The van der Waals surface area contributed by atoms with Crippen molar-refractivity contribution in [1.29, 1.82) is 0 Å². The molecule has 0 saturated carbocycles. The molecule has 4 unspecified atom stereocenters. The molecule has 2 saturated heterocycles. The topological polar surface area (TPSA) is 171 Å². The highest BCUT2D eigenvalue weighted by Gasteiger charge is 2.43. The Balaban J connectivity index is 1.55. The number of hydrogen-bond donors (Lipinski definition) is 6. The summed E-state index contributed by atoms with van der Waals surface area (Å²) >= 11 is 0. The van der Waals surface area contributed by atoms with Crippen LogP contribution in [0, 0.1) is 0 Å². The van der Waals surface area contributed by atoms with E-state index in [4.69, 9.17) is 23.4 Å². The van der Waals surface area contributed by atoms with Crippen LogP contribution in [0.15, 0.2) is 16.9 Å². The Hall–Kier alpha value is -1.12. The first-order valence-corrected chi connectivity index (χ1v) is 9.37. The van der Waals surface area contributed by atoms with Crippen molar-refractivity contribution in [3.8, 4) is 0 Å². The van der Waals surface area contributed by atoms with Gasteiger partial charge in [0.1, 0.15) is 36.6 Å². The third kappa shape index (κ3) is 4.80. The molecule has 0 bridgehead atoms. The minimum Gasteiger partial charge on any atom is -0.472 e. The zero-order valence-corrected chi connectivity index (χ0v) is 16.1. The minimum atomic E-state index is -1.42. The molecule has 11 nitrogen and oxygen atoms in total. The van der Waals surface area contributed by atoms with Gasteiger partial charge in [0.25, 0.3) is 0 Å². The van der Waals surface area contributed by atoms with Crippen molar-refractivity contribution in [1.82, 2.24) is 0 Å². The first-order valence-electron chi connectivity index (χ1n) is 9.37. The average molecular weight is 420 g/mol. The van der Waals surface area contributed by atoms with Crippen molar-refractivity contribution >= 4 is 0 Å². The molecule has 1 aromatic heterocycles. The monoisotopic (exact) mass is 420 g/mol. The van der Waals surface area contributed by atoms with Crippen LogP contribution in [0.1, 0.15) is 25.0 Å². The summed E-state index contributed by atoms with van der Waals surface area (Å²) in [5.74, 6) is 0. The van der Waals surface area contributed by atoms with Gasteiger partial charge in [-0.05, 0) is 13.8 Å². The normalized spacial score (nSPS) is 43.4. The van der Waals surface area contributed by atoms with Gasteiger partial charge in [0.2, 0.25) is 0 Å². The van der Waals surface area contributed by atoms with Crippen molar-refractivity contribution < 1.29 is 54.0 Å². The van der Waals surface area contributed by atoms with Gasteiger partial charge in [0.05, 0.1) is 37.9 Å². The highest BCUT2D eigenvalue weighted by Crippen LogP contribution is 2.25. The fraction of sp³-hybridized carbons (Fsp3) is 0.778. The number of aliphatic hydroxyl groups excluding tert-OH is 6. The van der Waals surface area contributed by atoms with Crippen LogP contribution in [-0.4, -0.2) is 92.1 Å². The largest absolute Gasteiger partial charge is 0.472 e. The molecule has 166 valence electrons. The average Bonchev–Trinajstić information content (AvgIpc) is 3.15. The third-order valence-electron chi connectivity index (χ3n) is 5.26. The van der Waals surface area contributed by atoms with Crippen LogP contribution in [0.4, 0.5) is 0 Å². The molecule has 10 atom stereocenters. The highest BCUT2D eigenvalue weighted by atomic mass is 16.7. The molecule has 2 fully saturated rings. The van der Waals surface area contributed by atoms with Crippen molar-refractivity contribution in [3.05, 3.63) is 23.7 Å². The number of hydrogen-bond acceptors (Lipinski definition) is 11. The standard InChI is InChI=1S/C18H28O11/c1-7-11(19)13(21)15(23)17(28-7)26-5-9-3-25-4-10(9)6-27-18-16(24)14(22)12(20)8(2)29-18/h3-4,7-8,11-24H,5-6H2,1-2H3/t7-,8-,11+,12+,13?,14?,15?,16?,17-,18-/m0/s1. The lowest BCUT2D eigenvalue weighted by atomic mass is 10.00. The Bertz CT molecular complexity index is 599. The maximum absolute atomic E-state index is 10.0. The number of ether oxygens (including phenoxy) is 4. The number of aliphatic hydroxyl groups is 6. The van der Waals surface area contributed by atoms with Gasteiger partial charge < -0.3 is 54.0 Å². The van der Waals surface area contributed by atoms with E-state index < -0.39 is 61.4 Å². The van der Waals surface area contributed by atoms with E-state index >= 15 is 0 Å². The zero-order valence-electron chi connectivity index (χ0n) is 16.1. The van der Waals surface area contributed by atoms with E-state index in [1.165, 1.54) is 12.5 Å². The minimum absolute atomic E-state index is 0.0434. The van der Waals surface area contributed by atoms with E-state index in [0.717, 1.165) is 0 Å². The van der Waals surface area contributed by atoms with Crippen LogP contribution >= 0.6 is 0 Å². The molecule has 0 spiro atoms. The fourth-order valence-corrected chi connectivity index (χ4v) is 3.25. The van der Waals surface area contributed by atoms with Gasteiger partial charge >= 0.3 is 0 Å². The van der Waals surface area contributed by atoms with E-state index in [2.05, 4.69) is 0 Å². The molecule has 3 heterocycles. The molecule has 11 heteroatoms. The summed E-state index contributed by atoms with van der Waals surface area (Å²) in [6, 6.07) is 0. The molecule has 2 aliphatic rings. The van der Waals surface area contributed by atoms with Crippen molar-refractivity contribution in [3.63, 3.8) is 0 Å². The van der Waals surface area contributed by atoms with Crippen LogP contribution in [0.5, 0.6) is 0 Å². The first-order chi connectivity index (χ1) is 13.7. The maximum Gasteiger partial charge on any atom is 0.186 e. The molecule has 29 heavy (non-hydrogen) atoms. The lowest BCUT2D eigenvalue weighted by Gasteiger charge is -2.39. The first kappa shape index (κ1) is 22.6. The summed E-state index contributed by atoms with van der Waals surface area (Å²) in [6.45, 7) is 3.01. The Morgan fingerprint density at radius 2 is 1.03 bits per heavy atom. The maximum atomic E-state index is 10.0. The van der Waals surface area contributed by atoms with Gasteiger partial charge in [0.15, 0.2) is 12.6 Å². The van der Waals surface area contributed by atoms with E-state index in [0.29, 0.717) is 11.1 Å². The summed E-state index contributed by atoms with van der Waals surface area (Å²) in [6.07, 6.45) is -9.01. The SMILES string of the molecule is C[C@@H]1O[C@H](OCc2cocc2CO[C@H]2O[C@@H](C)[C@@H](O)C(O)C2O)C(O)C(O)[C@@H]1O. The van der Waals surface area contributed by atoms with Crippen LogP contribution in [0.3, 0.4) is 0 Å². The van der Waals surface area contributed by atoms with Gasteiger partial charge in [-0.3, -0.25) is 0 Å². The van der Waals surface area contributed by atoms with Gasteiger partial charge in [0, 0.05) is 11.1 Å². The number of rotatable bonds is 6. The fourth-order valence-electron chi connectivity index (χ4n) is 3.25. The predicted molar refractivity (Wildman–Crippen MR) is 93.0 cm³/mol. The van der Waals surface area contributed by atoms with E-state index in [-0.39, 0.29) is 13.2 Å². The molecule has 2 aliphatic heterocycles. The summed E-state index contributed by atoms with van der Waals surface area (Å²) in [4.78, 5) is 0. The summed E-state index contributed by atoms with van der Waals surface area (Å²) < 4.78 is 26.9. The molecule has 6 N–H and O–H groups in total. The highest BCUT2D eigenvalue weighted by molar-refractivity contribution is 5.19. The quantitative estimate of drug-likeness (QED) is 0.300. The zero-order chi connectivity index (χ0) is 21.3. The van der Waals surface area contributed by atoms with Crippen LogP contribution in [0.25, 0.3) is 0 Å². The summed E-state index contributed by atoms with van der Waals surface area (Å²) in [5.41, 5.74) is 1.13. The van der Waals surface area contributed by atoms with Crippen LogP contribution in [0.2, 0.25) is 0 Å². The molecular weight excluding hydrogens is 392 g/mol. The second-order valence-electron chi connectivity index (χ2n) is 7.41. The van der Waals surface area contributed by atoms with Crippen molar-refractivity contribution in [2.24, 2.45) is 0 Å². The van der Waals surface area contributed by atoms with Gasteiger partial charge in [-0.2, -0.15) is 0 Å². The second kappa shape index (κ2) is 9.35.